The van der Waals surface area contributed by atoms with Crippen LogP contribution in [0.5, 0.6) is 0 Å². The predicted octanol–water partition coefficient (Wildman–Crippen LogP) is 2.60. The molecule has 1 aliphatic heterocycles. The second-order valence-corrected chi connectivity index (χ2v) is 6.67. The minimum Gasteiger partial charge on any atom is -0.362 e. The van der Waals surface area contributed by atoms with E-state index in [0.717, 1.165) is 35.6 Å². The highest BCUT2D eigenvalue weighted by Crippen LogP contribution is 2.22. The summed E-state index contributed by atoms with van der Waals surface area (Å²) in [4.78, 5) is 31.9. The third-order valence-electron chi connectivity index (χ3n) is 4.45. The van der Waals surface area contributed by atoms with E-state index in [1.54, 1.807) is 17.2 Å². The zero-order chi connectivity index (χ0) is 19.2. The lowest BCUT2D eigenvalue weighted by Crippen LogP contribution is -2.23. The van der Waals surface area contributed by atoms with Crippen LogP contribution in [0.2, 0.25) is 0 Å². The third-order valence-corrected chi connectivity index (χ3v) is 4.45. The van der Waals surface area contributed by atoms with Crippen molar-refractivity contribution < 1.29 is 9.59 Å². The van der Waals surface area contributed by atoms with Crippen LogP contribution in [-0.2, 0) is 16.1 Å². The molecule has 0 saturated carbocycles. The van der Waals surface area contributed by atoms with Gasteiger partial charge in [-0.1, -0.05) is 18.2 Å². The lowest BCUT2D eigenvalue weighted by molar-refractivity contribution is -0.117. The van der Waals surface area contributed by atoms with Gasteiger partial charge >= 0.3 is 0 Å². The first-order valence-electron chi connectivity index (χ1n) is 9.02. The van der Waals surface area contributed by atoms with Crippen LogP contribution < -0.4 is 15.1 Å². The first-order chi connectivity index (χ1) is 13.0. The monoisotopic (exact) mass is 364 g/mol. The summed E-state index contributed by atoms with van der Waals surface area (Å²) in [7, 11) is 3.85. The van der Waals surface area contributed by atoms with Gasteiger partial charge in [0.05, 0.1) is 0 Å². The van der Waals surface area contributed by atoms with E-state index in [-0.39, 0.29) is 11.8 Å². The Balaban J connectivity index is 1.56. The molecule has 140 valence electrons. The fourth-order valence-electron chi connectivity index (χ4n) is 3.07. The summed E-state index contributed by atoms with van der Waals surface area (Å²) >= 11 is 0. The molecular formula is C21H24N4O2. The summed E-state index contributed by atoms with van der Waals surface area (Å²) in [5, 5.41) is 2.88. The molecule has 3 rings (SSSR count). The lowest BCUT2D eigenvalue weighted by atomic mass is 10.2. The van der Waals surface area contributed by atoms with Crippen molar-refractivity contribution in [2.75, 3.05) is 30.4 Å². The normalized spacial score (nSPS) is 14.0. The molecule has 1 aliphatic rings. The van der Waals surface area contributed by atoms with E-state index in [4.69, 9.17) is 0 Å². The molecule has 6 heteroatoms. The van der Waals surface area contributed by atoms with Crippen molar-refractivity contribution in [3.8, 4) is 0 Å². The molecule has 1 N–H and O–H groups in total. The fourth-order valence-corrected chi connectivity index (χ4v) is 3.07. The largest absolute Gasteiger partial charge is 0.362 e. The number of anilines is 2. The summed E-state index contributed by atoms with van der Waals surface area (Å²) in [6.45, 7) is 1.19. The van der Waals surface area contributed by atoms with E-state index >= 15 is 0 Å². The summed E-state index contributed by atoms with van der Waals surface area (Å²) in [6, 6.07) is 11.5. The molecule has 1 aromatic carbocycles. The minimum atomic E-state index is -0.164. The Morgan fingerprint density at radius 1 is 1.26 bits per heavy atom. The molecule has 0 bridgehead atoms. The number of nitrogens with one attached hydrogen (secondary N) is 1. The Bertz CT molecular complexity index is 844. The molecule has 0 atom stereocenters. The number of amides is 2. The number of hydrogen-bond acceptors (Lipinski definition) is 4. The average molecular weight is 364 g/mol. The van der Waals surface area contributed by atoms with Crippen LogP contribution in [0.4, 0.5) is 11.5 Å². The van der Waals surface area contributed by atoms with Crippen LogP contribution in [0.3, 0.4) is 0 Å². The van der Waals surface area contributed by atoms with Gasteiger partial charge < -0.3 is 15.1 Å². The lowest BCUT2D eigenvalue weighted by Gasteiger charge is -2.15. The molecule has 1 aromatic heterocycles. The maximum Gasteiger partial charge on any atom is 0.244 e. The van der Waals surface area contributed by atoms with Crippen LogP contribution in [0, 0.1) is 0 Å². The highest BCUT2D eigenvalue weighted by molar-refractivity contribution is 5.95. The van der Waals surface area contributed by atoms with E-state index in [2.05, 4.69) is 10.3 Å². The highest BCUT2D eigenvalue weighted by Gasteiger charge is 2.21. The Kier molecular flexibility index (Phi) is 5.86. The zero-order valence-electron chi connectivity index (χ0n) is 15.7. The van der Waals surface area contributed by atoms with Gasteiger partial charge in [0.1, 0.15) is 5.82 Å². The average Bonchev–Trinajstić information content (AvgIpc) is 3.11. The van der Waals surface area contributed by atoms with Crippen molar-refractivity contribution >= 4 is 29.4 Å². The molecule has 2 amide bonds. The van der Waals surface area contributed by atoms with Crippen LogP contribution in [0.1, 0.15) is 24.0 Å². The first kappa shape index (κ1) is 18.6. The molecule has 27 heavy (non-hydrogen) atoms. The van der Waals surface area contributed by atoms with Gasteiger partial charge in [-0.15, -0.1) is 0 Å². The number of carbonyl (C=O) groups is 2. The van der Waals surface area contributed by atoms with Crippen molar-refractivity contribution in [1.29, 1.82) is 0 Å². The molecule has 0 aliphatic carbocycles. The van der Waals surface area contributed by atoms with Crippen molar-refractivity contribution in [3.05, 3.63) is 59.8 Å². The molecule has 6 nitrogen and oxygen atoms in total. The molecule has 2 heterocycles. The van der Waals surface area contributed by atoms with Crippen molar-refractivity contribution in [3.63, 3.8) is 0 Å². The van der Waals surface area contributed by atoms with E-state index in [1.807, 2.05) is 55.4 Å². The van der Waals surface area contributed by atoms with Crippen LogP contribution in [-0.4, -0.2) is 37.4 Å². The Morgan fingerprint density at radius 2 is 2.04 bits per heavy atom. The number of benzene rings is 1. The van der Waals surface area contributed by atoms with E-state index in [0.29, 0.717) is 13.0 Å². The summed E-state index contributed by atoms with van der Waals surface area (Å²) in [5.74, 6) is 0.848. The van der Waals surface area contributed by atoms with Gasteiger partial charge in [0.25, 0.3) is 0 Å². The standard InChI is InChI=1S/C21H24N4O2/c1-24(2)21-17(5-3-13-22-21)15-23-19(26)12-9-16-7-10-18(11-8-16)25-14-4-6-20(25)27/h3,5,7-13H,4,6,14-15H2,1-2H3,(H,23,26). The van der Waals surface area contributed by atoms with Gasteiger partial charge in [-0.3, -0.25) is 9.59 Å². The Hall–Kier alpha value is -3.15. The van der Waals surface area contributed by atoms with Crippen molar-refractivity contribution in [1.82, 2.24) is 10.3 Å². The highest BCUT2D eigenvalue weighted by atomic mass is 16.2. The third kappa shape index (κ3) is 4.73. The molecule has 0 unspecified atom stereocenters. The maximum absolute atomic E-state index is 12.1. The molecule has 0 spiro atoms. The summed E-state index contributed by atoms with van der Waals surface area (Å²) < 4.78 is 0. The molecule has 1 fully saturated rings. The first-order valence-corrected chi connectivity index (χ1v) is 9.02. The number of nitrogens with zero attached hydrogens (tertiary/aromatic N) is 3. The Morgan fingerprint density at radius 3 is 2.70 bits per heavy atom. The van der Waals surface area contributed by atoms with E-state index in [9.17, 15) is 9.59 Å². The smallest absolute Gasteiger partial charge is 0.244 e. The fraction of sp³-hybridized carbons (Fsp3) is 0.286. The second-order valence-electron chi connectivity index (χ2n) is 6.67. The van der Waals surface area contributed by atoms with Gasteiger partial charge in [0, 0.05) is 57.1 Å². The molecular weight excluding hydrogens is 340 g/mol. The SMILES string of the molecule is CN(C)c1ncccc1CNC(=O)C=Cc1ccc(N2CCCC2=O)cc1. The van der Waals surface area contributed by atoms with Gasteiger partial charge in [-0.05, 0) is 36.3 Å². The van der Waals surface area contributed by atoms with Gasteiger partial charge in [-0.2, -0.15) is 0 Å². The number of hydrogen-bond donors (Lipinski definition) is 1. The van der Waals surface area contributed by atoms with Crippen molar-refractivity contribution in [2.45, 2.75) is 19.4 Å². The topological polar surface area (TPSA) is 65.5 Å². The zero-order valence-corrected chi connectivity index (χ0v) is 15.7. The van der Waals surface area contributed by atoms with Crippen LogP contribution in [0.25, 0.3) is 6.08 Å². The maximum atomic E-state index is 12.1. The van der Waals surface area contributed by atoms with Crippen LogP contribution in [0.15, 0.2) is 48.7 Å². The van der Waals surface area contributed by atoms with E-state index in [1.165, 1.54) is 6.08 Å². The minimum absolute atomic E-state index is 0.164. The quantitative estimate of drug-likeness (QED) is 0.800. The van der Waals surface area contributed by atoms with Gasteiger partial charge in [0.15, 0.2) is 0 Å². The van der Waals surface area contributed by atoms with Crippen molar-refractivity contribution in [2.24, 2.45) is 0 Å². The number of carbonyl (C=O) groups excluding carboxylic acids is 2. The number of rotatable bonds is 6. The number of pyridine rings is 1. The molecule has 2 aromatic rings. The summed E-state index contributed by atoms with van der Waals surface area (Å²) in [6.07, 6.45) is 6.55. The summed E-state index contributed by atoms with van der Waals surface area (Å²) in [5.41, 5.74) is 2.78. The predicted molar refractivity (Wildman–Crippen MR) is 107 cm³/mol. The van der Waals surface area contributed by atoms with Gasteiger partial charge in [-0.25, -0.2) is 4.98 Å². The Labute approximate surface area is 159 Å². The van der Waals surface area contributed by atoms with Crippen LogP contribution >= 0.6 is 0 Å². The number of aromatic nitrogens is 1. The second kappa shape index (κ2) is 8.49. The van der Waals surface area contributed by atoms with Gasteiger partial charge in [0.2, 0.25) is 11.8 Å². The molecule has 0 radical (unpaired) electrons. The molecule has 1 saturated heterocycles. The van der Waals surface area contributed by atoms with E-state index < -0.39 is 0 Å².